The third-order valence-corrected chi connectivity index (χ3v) is 3.60. The van der Waals surface area contributed by atoms with Gasteiger partial charge in [0, 0.05) is 24.5 Å². The van der Waals surface area contributed by atoms with Crippen molar-refractivity contribution in [2.75, 3.05) is 30.8 Å². The lowest BCUT2D eigenvalue weighted by molar-refractivity contribution is 0.195. The van der Waals surface area contributed by atoms with Crippen molar-refractivity contribution in [2.45, 2.75) is 12.7 Å². The van der Waals surface area contributed by atoms with E-state index in [1.807, 2.05) is 36.0 Å². The second-order valence-corrected chi connectivity index (χ2v) is 5.50. The minimum absolute atomic E-state index is 0.0611. The molecule has 0 aliphatic carbocycles. The van der Waals surface area contributed by atoms with Gasteiger partial charge in [-0.3, -0.25) is 0 Å². The zero-order chi connectivity index (χ0) is 14.8. The van der Waals surface area contributed by atoms with Gasteiger partial charge in [-0.15, -0.1) is 6.58 Å². The number of benzene rings is 1. The Kier molecular flexibility index (Phi) is 7.84. The molecule has 0 atom stereocenters. The van der Waals surface area contributed by atoms with Crippen LogP contribution in [-0.4, -0.2) is 41.5 Å². The second kappa shape index (κ2) is 9.44. The fourth-order valence-corrected chi connectivity index (χ4v) is 2.33. The van der Waals surface area contributed by atoms with Crippen molar-refractivity contribution in [2.24, 2.45) is 0 Å². The molecule has 0 bridgehead atoms. The number of rotatable bonds is 8. The van der Waals surface area contributed by atoms with Crippen LogP contribution in [0.15, 0.2) is 36.9 Å². The number of nitrogens with zero attached hydrogens (tertiary/aromatic N) is 1. The van der Waals surface area contributed by atoms with Crippen LogP contribution in [0, 0.1) is 0 Å². The van der Waals surface area contributed by atoms with Gasteiger partial charge in [-0.2, -0.15) is 11.8 Å². The lowest BCUT2D eigenvalue weighted by atomic mass is 10.2. The first-order valence-corrected chi connectivity index (χ1v) is 7.81. The van der Waals surface area contributed by atoms with Crippen LogP contribution in [0.2, 0.25) is 0 Å². The van der Waals surface area contributed by atoms with E-state index in [-0.39, 0.29) is 12.6 Å². The molecule has 0 aliphatic rings. The minimum atomic E-state index is -0.223. The van der Waals surface area contributed by atoms with Crippen LogP contribution >= 0.6 is 11.8 Å². The molecule has 4 nitrogen and oxygen atoms in total. The summed E-state index contributed by atoms with van der Waals surface area (Å²) in [5.74, 6) is 2.01. The predicted octanol–water partition coefficient (Wildman–Crippen LogP) is 2.95. The summed E-state index contributed by atoms with van der Waals surface area (Å²) >= 11 is 1.84. The van der Waals surface area contributed by atoms with Gasteiger partial charge in [0.25, 0.3) is 0 Å². The van der Waals surface area contributed by atoms with Crippen LogP contribution in [0.4, 0.5) is 10.5 Å². The lowest BCUT2D eigenvalue weighted by Crippen LogP contribution is -2.37. The number of nitrogens with one attached hydrogen (secondary N) is 1. The van der Waals surface area contributed by atoms with Crippen LogP contribution in [-0.2, 0) is 5.75 Å². The molecular formula is C15H22N2O2S. The maximum absolute atomic E-state index is 12.1. The van der Waals surface area contributed by atoms with E-state index in [1.54, 1.807) is 6.08 Å². The quantitative estimate of drug-likeness (QED) is 0.725. The molecule has 1 rings (SSSR count). The number of carbonyl (C=O) groups excluding carboxylic acids is 1. The van der Waals surface area contributed by atoms with Gasteiger partial charge in [0.05, 0.1) is 6.61 Å². The molecule has 1 aromatic rings. The summed E-state index contributed by atoms with van der Waals surface area (Å²) in [6, 6.07) is 7.60. The van der Waals surface area contributed by atoms with Crippen molar-refractivity contribution in [3.8, 4) is 0 Å². The van der Waals surface area contributed by atoms with Gasteiger partial charge in [-0.05, 0) is 23.4 Å². The van der Waals surface area contributed by atoms with Crippen molar-refractivity contribution < 1.29 is 9.90 Å². The Labute approximate surface area is 124 Å². The predicted molar refractivity (Wildman–Crippen MR) is 86.2 cm³/mol. The van der Waals surface area contributed by atoms with Crippen LogP contribution in [0.25, 0.3) is 0 Å². The Morgan fingerprint density at radius 3 is 3.00 bits per heavy atom. The Bertz CT molecular complexity index is 438. The van der Waals surface area contributed by atoms with Crippen LogP contribution in [0.5, 0.6) is 0 Å². The minimum Gasteiger partial charge on any atom is -0.395 e. The Balaban J connectivity index is 2.65. The maximum Gasteiger partial charge on any atom is 0.322 e. The Hall–Kier alpha value is -1.46. The summed E-state index contributed by atoms with van der Waals surface area (Å²) in [6.07, 6.45) is 1.64. The van der Waals surface area contributed by atoms with Gasteiger partial charge < -0.3 is 15.3 Å². The second-order valence-electron chi connectivity index (χ2n) is 4.23. The number of hydrogen-bond acceptors (Lipinski definition) is 3. The smallest absolute Gasteiger partial charge is 0.322 e. The van der Waals surface area contributed by atoms with Crippen molar-refractivity contribution in [3.05, 3.63) is 42.5 Å². The number of hydrogen-bond donors (Lipinski definition) is 2. The van der Waals surface area contributed by atoms with Crippen molar-refractivity contribution >= 4 is 23.5 Å². The average molecular weight is 294 g/mol. The summed E-state index contributed by atoms with van der Waals surface area (Å²) in [5, 5.41) is 11.8. The molecular weight excluding hydrogens is 272 g/mol. The van der Waals surface area contributed by atoms with Crippen LogP contribution < -0.4 is 5.32 Å². The molecule has 0 spiro atoms. The van der Waals surface area contributed by atoms with E-state index in [2.05, 4.69) is 18.8 Å². The molecule has 110 valence electrons. The topological polar surface area (TPSA) is 52.6 Å². The highest BCUT2D eigenvalue weighted by Gasteiger charge is 2.11. The number of thioether (sulfide) groups is 1. The summed E-state index contributed by atoms with van der Waals surface area (Å²) < 4.78 is 0. The van der Waals surface area contributed by atoms with Crippen molar-refractivity contribution in [1.82, 2.24) is 4.90 Å². The molecule has 0 unspecified atom stereocenters. The molecule has 0 heterocycles. The number of carbonyl (C=O) groups is 1. The summed E-state index contributed by atoms with van der Waals surface area (Å²) in [6.45, 7) is 6.39. The third kappa shape index (κ3) is 5.67. The normalized spacial score (nSPS) is 10.1. The molecule has 1 aromatic carbocycles. The number of amides is 2. The van der Waals surface area contributed by atoms with E-state index in [0.29, 0.717) is 13.1 Å². The van der Waals surface area contributed by atoms with E-state index < -0.39 is 0 Å². The highest BCUT2D eigenvalue weighted by molar-refractivity contribution is 7.98. The Morgan fingerprint density at radius 1 is 1.55 bits per heavy atom. The van der Waals surface area contributed by atoms with E-state index >= 15 is 0 Å². The van der Waals surface area contributed by atoms with Gasteiger partial charge in [-0.25, -0.2) is 4.79 Å². The standard InChI is InChI=1S/C15H22N2O2S/c1-3-8-17(9-10-18)15(19)16-14-7-5-6-13(11-14)12-20-4-2/h3,5-7,11,18H,1,4,8-10,12H2,2H3,(H,16,19). The highest BCUT2D eigenvalue weighted by atomic mass is 32.2. The molecule has 0 aliphatic heterocycles. The maximum atomic E-state index is 12.1. The van der Waals surface area contributed by atoms with Crippen molar-refractivity contribution in [1.29, 1.82) is 0 Å². The molecule has 0 fully saturated rings. The zero-order valence-electron chi connectivity index (χ0n) is 11.8. The van der Waals surface area contributed by atoms with Crippen LogP contribution in [0.1, 0.15) is 12.5 Å². The third-order valence-electron chi connectivity index (χ3n) is 2.66. The monoisotopic (exact) mass is 294 g/mol. The Morgan fingerprint density at radius 2 is 2.35 bits per heavy atom. The number of aliphatic hydroxyl groups is 1. The SMILES string of the molecule is C=CCN(CCO)C(=O)Nc1cccc(CSCC)c1. The molecule has 0 saturated carbocycles. The molecule has 0 aromatic heterocycles. The lowest BCUT2D eigenvalue weighted by Gasteiger charge is -2.20. The van der Waals surface area contributed by atoms with E-state index in [9.17, 15) is 4.79 Å². The summed E-state index contributed by atoms with van der Waals surface area (Å²) in [7, 11) is 0. The first kappa shape index (κ1) is 16.6. The largest absolute Gasteiger partial charge is 0.395 e. The van der Waals surface area contributed by atoms with Gasteiger partial charge in [0.1, 0.15) is 0 Å². The van der Waals surface area contributed by atoms with Gasteiger partial charge >= 0.3 is 6.03 Å². The van der Waals surface area contributed by atoms with E-state index in [4.69, 9.17) is 5.11 Å². The van der Waals surface area contributed by atoms with Gasteiger partial charge in [0.15, 0.2) is 0 Å². The van der Waals surface area contributed by atoms with E-state index in [0.717, 1.165) is 17.2 Å². The number of aliphatic hydroxyl groups excluding tert-OH is 1. The number of anilines is 1. The molecule has 2 amide bonds. The molecule has 0 saturated heterocycles. The highest BCUT2D eigenvalue weighted by Crippen LogP contribution is 2.16. The van der Waals surface area contributed by atoms with Crippen molar-refractivity contribution in [3.63, 3.8) is 0 Å². The molecule has 20 heavy (non-hydrogen) atoms. The summed E-state index contributed by atoms with van der Waals surface area (Å²) in [5.41, 5.74) is 1.96. The van der Waals surface area contributed by atoms with Gasteiger partial charge in [0.2, 0.25) is 0 Å². The first-order chi connectivity index (χ1) is 9.71. The molecule has 2 N–H and O–H groups in total. The first-order valence-electron chi connectivity index (χ1n) is 6.65. The summed E-state index contributed by atoms with van der Waals surface area (Å²) in [4.78, 5) is 13.6. The number of urea groups is 1. The van der Waals surface area contributed by atoms with Crippen LogP contribution in [0.3, 0.4) is 0 Å². The molecule has 0 radical (unpaired) electrons. The van der Waals surface area contributed by atoms with Gasteiger partial charge in [-0.1, -0.05) is 25.1 Å². The molecule has 5 heteroatoms. The van der Waals surface area contributed by atoms with E-state index in [1.165, 1.54) is 10.5 Å². The zero-order valence-corrected chi connectivity index (χ0v) is 12.7. The average Bonchev–Trinajstić information content (AvgIpc) is 2.45. The fourth-order valence-electron chi connectivity index (χ4n) is 1.71. The fraction of sp³-hybridized carbons (Fsp3) is 0.400.